The summed E-state index contributed by atoms with van der Waals surface area (Å²) in [5, 5.41) is 2.77. The molecule has 0 saturated carbocycles. The van der Waals surface area contributed by atoms with Crippen LogP contribution in [0.1, 0.15) is 17.2 Å². The Kier molecular flexibility index (Phi) is 4.97. The molecule has 2 aromatic rings. The summed E-state index contributed by atoms with van der Waals surface area (Å²) in [4.78, 5) is 26.6. The number of nitrogens with one attached hydrogen (secondary N) is 1. The number of ether oxygens (including phenoxy) is 1. The van der Waals surface area contributed by atoms with Gasteiger partial charge in [0.05, 0.1) is 13.5 Å². The summed E-state index contributed by atoms with van der Waals surface area (Å²) in [5.74, 6) is -0.0518. The van der Waals surface area contributed by atoms with Crippen LogP contribution >= 0.6 is 0 Å². The molecule has 1 saturated heterocycles. The van der Waals surface area contributed by atoms with Crippen molar-refractivity contribution in [3.8, 4) is 5.75 Å². The van der Waals surface area contributed by atoms with Gasteiger partial charge in [0, 0.05) is 13.1 Å². The molecule has 130 valence electrons. The summed E-state index contributed by atoms with van der Waals surface area (Å²) in [5.41, 5.74) is 1.44. The third-order valence-corrected chi connectivity index (χ3v) is 4.23. The van der Waals surface area contributed by atoms with E-state index in [9.17, 15) is 14.0 Å². The van der Waals surface area contributed by atoms with Crippen molar-refractivity contribution < 1.29 is 18.7 Å². The van der Waals surface area contributed by atoms with Gasteiger partial charge in [-0.3, -0.25) is 9.59 Å². The van der Waals surface area contributed by atoms with Crippen molar-refractivity contribution in [2.24, 2.45) is 0 Å². The fourth-order valence-corrected chi connectivity index (χ4v) is 2.93. The standard InChI is InChI=1S/C19H19FN2O3/c1-25-16-8-2-13(3-9-16)12-17(23)22-11-10-21-19(24)18(22)14-4-6-15(20)7-5-14/h2-9,18H,10-12H2,1H3,(H,21,24). The molecule has 1 N–H and O–H groups in total. The number of amides is 2. The number of methoxy groups -OCH3 is 1. The number of benzene rings is 2. The topological polar surface area (TPSA) is 58.6 Å². The smallest absolute Gasteiger partial charge is 0.247 e. The van der Waals surface area contributed by atoms with Gasteiger partial charge in [0.25, 0.3) is 0 Å². The van der Waals surface area contributed by atoms with Gasteiger partial charge < -0.3 is 15.0 Å². The van der Waals surface area contributed by atoms with Crippen LogP contribution in [-0.2, 0) is 16.0 Å². The molecular formula is C19H19FN2O3. The zero-order chi connectivity index (χ0) is 17.8. The predicted octanol–water partition coefficient (Wildman–Crippen LogP) is 2.08. The van der Waals surface area contributed by atoms with Gasteiger partial charge in [0.1, 0.15) is 17.6 Å². The second-order valence-corrected chi connectivity index (χ2v) is 5.86. The summed E-state index contributed by atoms with van der Waals surface area (Å²) >= 11 is 0. The third kappa shape index (κ3) is 3.79. The maximum absolute atomic E-state index is 13.2. The van der Waals surface area contributed by atoms with Crippen LogP contribution < -0.4 is 10.1 Å². The Morgan fingerprint density at radius 3 is 2.52 bits per heavy atom. The third-order valence-electron chi connectivity index (χ3n) is 4.23. The molecule has 1 atom stereocenters. The maximum atomic E-state index is 13.2. The molecule has 2 amide bonds. The number of carbonyl (C=O) groups excluding carboxylic acids is 2. The highest BCUT2D eigenvalue weighted by molar-refractivity contribution is 5.90. The normalized spacial score (nSPS) is 17.1. The maximum Gasteiger partial charge on any atom is 0.247 e. The average Bonchev–Trinajstić information content (AvgIpc) is 2.63. The highest BCUT2D eigenvalue weighted by Crippen LogP contribution is 2.25. The van der Waals surface area contributed by atoms with Crippen LogP contribution in [0.4, 0.5) is 4.39 Å². The molecule has 1 heterocycles. The number of halogens is 1. The molecule has 0 aromatic heterocycles. The molecule has 5 nitrogen and oxygen atoms in total. The Hall–Kier alpha value is -2.89. The Bertz CT molecular complexity index is 759. The second kappa shape index (κ2) is 7.34. The van der Waals surface area contributed by atoms with E-state index in [1.165, 1.54) is 12.1 Å². The first-order chi connectivity index (χ1) is 12.1. The summed E-state index contributed by atoms with van der Waals surface area (Å²) in [6.07, 6.45) is 0.189. The Balaban J connectivity index is 1.80. The molecule has 1 fully saturated rings. The molecule has 0 bridgehead atoms. The van der Waals surface area contributed by atoms with Crippen molar-refractivity contribution in [3.63, 3.8) is 0 Å². The van der Waals surface area contributed by atoms with Crippen molar-refractivity contribution >= 4 is 11.8 Å². The van der Waals surface area contributed by atoms with E-state index < -0.39 is 6.04 Å². The minimum absolute atomic E-state index is 0.144. The Labute approximate surface area is 145 Å². The van der Waals surface area contributed by atoms with E-state index in [2.05, 4.69) is 5.32 Å². The van der Waals surface area contributed by atoms with Crippen molar-refractivity contribution in [1.82, 2.24) is 10.2 Å². The summed E-state index contributed by atoms with van der Waals surface area (Å²) < 4.78 is 18.3. The van der Waals surface area contributed by atoms with Gasteiger partial charge in [0.2, 0.25) is 11.8 Å². The molecule has 3 rings (SSSR count). The van der Waals surface area contributed by atoms with Gasteiger partial charge in [-0.1, -0.05) is 24.3 Å². The largest absolute Gasteiger partial charge is 0.497 e. The van der Waals surface area contributed by atoms with Gasteiger partial charge in [-0.15, -0.1) is 0 Å². The van der Waals surface area contributed by atoms with Gasteiger partial charge in [-0.25, -0.2) is 4.39 Å². The molecule has 1 unspecified atom stereocenters. The first kappa shape index (κ1) is 17.0. The molecule has 25 heavy (non-hydrogen) atoms. The fraction of sp³-hybridized carbons (Fsp3) is 0.263. The van der Waals surface area contributed by atoms with Crippen LogP contribution in [0, 0.1) is 5.82 Å². The van der Waals surface area contributed by atoms with Gasteiger partial charge in [0.15, 0.2) is 0 Å². The van der Waals surface area contributed by atoms with Crippen LogP contribution in [0.15, 0.2) is 48.5 Å². The SMILES string of the molecule is COc1ccc(CC(=O)N2CCNC(=O)C2c2ccc(F)cc2)cc1. The molecule has 0 spiro atoms. The van der Waals surface area contributed by atoms with Crippen molar-refractivity contribution in [3.05, 3.63) is 65.5 Å². The lowest BCUT2D eigenvalue weighted by atomic mass is 10.0. The minimum atomic E-state index is -0.736. The predicted molar refractivity (Wildman–Crippen MR) is 90.6 cm³/mol. The molecule has 1 aliphatic rings. The first-order valence-electron chi connectivity index (χ1n) is 8.04. The second-order valence-electron chi connectivity index (χ2n) is 5.86. The molecular weight excluding hydrogens is 323 g/mol. The molecule has 0 aliphatic carbocycles. The lowest BCUT2D eigenvalue weighted by Crippen LogP contribution is -2.52. The van der Waals surface area contributed by atoms with Crippen LogP contribution in [0.3, 0.4) is 0 Å². The monoisotopic (exact) mass is 342 g/mol. The Morgan fingerprint density at radius 2 is 1.88 bits per heavy atom. The highest BCUT2D eigenvalue weighted by Gasteiger charge is 2.34. The van der Waals surface area contributed by atoms with Gasteiger partial charge in [-0.05, 0) is 35.4 Å². The first-order valence-corrected chi connectivity index (χ1v) is 8.04. The van der Waals surface area contributed by atoms with E-state index in [0.29, 0.717) is 18.7 Å². The summed E-state index contributed by atoms with van der Waals surface area (Å²) in [7, 11) is 1.58. The van der Waals surface area contributed by atoms with Crippen LogP contribution in [-0.4, -0.2) is 36.9 Å². The number of hydrogen-bond donors (Lipinski definition) is 1. The minimum Gasteiger partial charge on any atom is -0.497 e. The summed E-state index contributed by atoms with van der Waals surface area (Å²) in [6, 6.07) is 12.2. The number of hydrogen-bond acceptors (Lipinski definition) is 3. The van der Waals surface area contributed by atoms with Crippen molar-refractivity contribution in [1.29, 1.82) is 0 Å². The number of rotatable bonds is 4. The highest BCUT2D eigenvalue weighted by atomic mass is 19.1. The quantitative estimate of drug-likeness (QED) is 0.925. The van der Waals surface area contributed by atoms with E-state index in [0.717, 1.165) is 11.3 Å². The van der Waals surface area contributed by atoms with Crippen molar-refractivity contribution in [2.75, 3.05) is 20.2 Å². The van der Waals surface area contributed by atoms with E-state index in [1.807, 2.05) is 12.1 Å². The van der Waals surface area contributed by atoms with Gasteiger partial charge in [-0.2, -0.15) is 0 Å². The van der Waals surface area contributed by atoms with Crippen molar-refractivity contribution in [2.45, 2.75) is 12.5 Å². The van der Waals surface area contributed by atoms with Crippen LogP contribution in [0.25, 0.3) is 0 Å². The fourth-order valence-electron chi connectivity index (χ4n) is 2.93. The lowest BCUT2D eigenvalue weighted by Gasteiger charge is -2.35. The van der Waals surface area contributed by atoms with E-state index >= 15 is 0 Å². The van der Waals surface area contributed by atoms with E-state index in [-0.39, 0.29) is 24.1 Å². The molecule has 0 radical (unpaired) electrons. The lowest BCUT2D eigenvalue weighted by molar-refractivity contribution is -0.143. The van der Waals surface area contributed by atoms with E-state index in [4.69, 9.17) is 4.74 Å². The molecule has 2 aromatic carbocycles. The zero-order valence-corrected chi connectivity index (χ0v) is 13.9. The van der Waals surface area contributed by atoms with E-state index in [1.54, 1.807) is 36.3 Å². The molecule has 1 aliphatic heterocycles. The zero-order valence-electron chi connectivity index (χ0n) is 13.9. The van der Waals surface area contributed by atoms with Gasteiger partial charge >= 0.3 is 0 Å². The number of piperazine rings is 1. The van der Waals surface area contributed by atoms with Crippen LogP contribution in [0.2, 0.25) is 0 Å². The average molecular weight is 342 g/mol. The molecule has 6 heteroatoms. The summed E-state index contributed by atoms with van der Waals surface area (Å²) in [6.45, 7) is 0.827. The Morgan fingerprint density at radius 1 is 1.20 bits per heavy atom. The number of nitrogens with zero attached hydrogens (tertiary/aromatic N) is 1. The number of carbonyl (C=O) groups is 2. The van der Waals surface area contributed by atoms with Crippen LogP contribution in [0.5, 0.6) is 5.75 Å².